The van der Waals surface area contributed by atoms with Crippen molar-refractivity contribution in [2.75, 3.05) is 11.9 Å². The van der Waals surface area contributed by atoms with Crippen LogP contribution < -0.4 is 5.32 Å². The fourth-order valence-electron chi connectivity index (χ4n) is 2.89. The first-order valence-electron chi connectivity index (χ1n) is 6.67. The molecule has 1 N–H and O–H groups in total. The Bertz CT molecular complexity index is 612. The van der Waals surface area contributed by atoms with E-state index in [1.165, 1.54) is 12.1 Å². The summed E-state index contributed by atoms with van der Waals surface area (Å²) in [6.45, 7) is 0.752. The molecule has 0 bridgehead atoms. The van der Waals surface area contributed by atoms with Crippen LogP contribution in [0.4, 0.5) is 10.2 Å². The second kappa shape index (κ2) is 5.41. The molecule has 0 spiro atoms. The minimum atomic E-state index is -0.259. The molecule has 0 saturated heterocycles. The molecule has 1 aromatic carbocycles. The zero-order valence-corrected chi connectivity index (χ0v) is 10.9. The van der Waals surface area contributed by atoms with Crippen LogP contribution >= 0.6 is 0 Å². The summed E-state index contributed by atoms with van der Waals surface area (Å²) in [5, 5.41) is 3.27. The molecule has 3 nitrogen and oxygen atoms in total. The summed E-state index contributed by atoms with van der Waals surface area (Å²) < 4.78 is 13.1. The molecule has 2 aromatic rings. The molecule has 0 amide bonds. The fraction of sp³-hybridized carbons (Fsp3) is 0.250. The van der Waals surface area contributed by atoms with E-state index < -0.39 is 0 Å². The maximum atomic E-state index is 13.1. The zero-order valence-electron chi connectivity index (χ0n) is 10.9. The summed E-state index contributed by atoms with van der Waals surface area (Å²) >= 11 is 0. The average molecular weight is 270 g/mol. The van der Waals surface area contributed by atoms with Gasteiger partial charge in [-0.05, 0) is 35.2 Å². The monoisotopic (exact) mass is 270 g/mol. The van der Waals surface area contributed by atoms with E-state index in [9.17, 15) is 9.18 Å². The minimum Gasteiger partial charge on any atom is -0.369 e. The third kappa shape index (κ3) is 2.29. The van der Waals surface area contributed by atoms with Crippen molar-refractivity contribution in [3.05, 3.63) is 59.5 Å². The molecule has 1 aliphatic heterocycles. The van der Waals surface area contributed by atoms with Gasteiger partial charge < -0.3 is 10.1 Å². The van der Waals surface area contributed by atoms with E-state index in [0.717, 1.165) is 29.8 Å². The van der Waals surface area contributed by atoms with Crippen LogP contribution in [0.15, 0.2) is 42.6 Å². The smallest absolute Gasteiger partial charge is 0.129 e. The topological polar surface area (TPSA) is 42.0 Å². The van der Waals surface area contributed by atoms with Crippen molar-refractivity contribution in [1.29, 1.82) is 0 Å². The van der Waals surface area contributed by atoms with Gasteiger partial charge in [0.2, 0.25) is 0 Å². The summed E-state index contributed by atoms with van der Waals surface area (Å²) in [6, 6.07) is 10.4. The van der Waals surface area contributed by atoms with Crippen molar-refractivity contribution >= 4 is 12.1 Å². The maximum absolute atomic E-state index is 13.1. The molecule has 4 heteroatoms. The van der Waals surface area contributed by atoms with Crippen LogP contribution in [0.25, 0.3) is 0 Å². The Labute approximate surface area is 116 Å². The van der Waals surface area contributed by atoms with Gasteiger partial charge in [0.1, 0.15) is 17.9 Å². The van der Waals surface area contributed by atoms with Gasteiger partial charge in [-0.15, -0.1) is 0 Å². The zero-order chi connectivity index (χ0) is 13.9. The number of nitrogens with zero attached hydrogens (tertiary/aromatic N) is 1. The average Bonchev–Trinajstić information content (AvgIpc) is 2.90. The van der Waals surface area contributed by atoms with Gasteiger partial charge in [-0.2, -0.15) is 0 Å². The summed E-state index contributed by atoms with van der Waals surface area (Å²) in [6.07, 6.45) is 3.11. The van der Waals surface area contributed by atoms with E-state index in [-0.39, 0.29) is 17.7 Å². The van der Waals surface area contributed by atoms with Crippen LogP contribution in [-0.4, -0.2) is 17.8 Å². The van der Waals surface area contributed by atoms with E-state index in [4.69, 9.17) is 0 Å². The molecule has 1 aliphatic rings. The summed E-state index contributed by atoms with van der Waals surface area (Å²) in [4.78, 5) is 15.3. The Morgan fingerprint density at radius 3 is 2.90 bits per heavy atom. The number of rotatable bonds is 4. The lowest BCUT2D eigenvalue weighted by molar-refractivity contribution is -0.108. The molecule has 2 atom stereocenters. The SMILES string of the molecule is O=CCC(c1ccc(F)cc1)C1CNc2ncccc21. The number of halogens is 1. The number of hydrogen-bond donors (Lipinski definition) is 1. The van der Waals surface area contributed by atoms with Crippen molar-refractivity contribution in [2.24, 2.45) is 0 Å². The van der Waals surface area contributed by atoms with E-state index in [2.05, 4.69) is 10.3 Å². The molecule has 2 heterocycles. The lowest BCUT2D eigenvalue weighted by Gasteiger charge is -2.22. The first kappa shape index (κ1) is 12.8. The van der Waals surface area contributed by atoms with Crippen LogP contribution in [0.5, 0.6) is 0 Å². The quantitative estimate of drug-likeness (QED) is 0.868. The molecule has 0 fully saturated rings. The number of carbonyl (C=O) groups is 1. The Morgan fingerprint density at radius 1 is 1.35 bits per heavy atom. The number of pyridine rings is 1. The first-order valence-corrected chi connectivity index (χ1v) is 6.67. The van der Waals surface area contributed by atoms with Crippen LogP contribution in [-0.2, 0) is 4.79 Å². The standard InChI is InChI=1S/C16H15FN2O/c17-12-5-3-11(4-6-12)13(7-9-20)15-10-19-16-14(15)2-1-8-18-16/h1-6,8-9,13,15H,7,10H2,(H,18,19). The van der Waals surface area contributed by atoms with Crippen LogP contribution in [0.3, 0.4) is 0 Å². The van der Waals surface area contributed by atoms with Crippen molar-refractivity contribution in [1.82, 2.24) is 4.98 Å². The lowest BCUT2D eigenvalue weighted by Crippen LogP contribution is -2.14. The second-order valence-electron chi connectivity index (χ2n) is 4.99. The van der Waals surface area contributed by atoms with E-state index in [1.807, 2.05) is 12.1 Å². The van der Waals surface area contributed by atoms with Crippen molar-refractivity contribution in [2.45, 2.75) is 18.3 Å². The Kier molecular flexibility index (Phi) is 3.46. The highest BCUT2D eigenvalue weighted by Crippen LogP contribution is 2.41. The maximum Gasteiger partial charge on any atom is 0.129 e. The van der Waals surface area contributed by atoms with Gasteiger partial charge in [0.25, 0.3) is 0 Å². The Hall–Kier alpha value is -2.23. The van der Waals surface area contributed by atoms with Gasteiger partial charge in [0, 0.05) is 25.1 Å². The number of anilines is 1. The largest absolute Gasteiger partial charge is 0.369 e. The second-order valence-corrected chi connectivity index (χ2v) is 4.99. The highest BCUT2D eigenvalue weighted by Gasteiger charge is 2.31. The van der Waals surface area contributed by atoms with Gasteiger partial charge in [0.15, 0.2) is 0 Å². The van der Waals surface area contributed by atoms with Crippen LogP contribution in [0.2, 0.25) is 0 Å². The number of benzene rings is 1. The fourth-order valence-corrected chi connectivity index (χ4v) is 2.89. The number of nitrogens with one attached hydrogen (secondary N) is 1. The van der Waals surface area contributed by atoms with Crippen molar-refractivity contribution in [3.8, 4) is 0 Å². The molecule has 1 aromatic heterocycles. The Balaban J connectivity index is 1.96. The molecule has 0 saturated carbocycles. The first-order chi connectivity index (χ1) is 9.79. The number of aromatic nitrogens is 1. The number of carbonyl (C=O) groups excluding carboxylic acids is 1. The summed E-state index contributed by atoms with van der Waals surface area (Å²) in [7, 11) is 0. The number of hydrogen-bond acceptors (Lipinski definition) is 3. The molecule has 0 radical (unpaired) electrons. The third-order valence-electron chi connectivity index (χ3n) is 3.86. The summed E-state index contributed by atoms with van der Waals surface area (Å²) in [5.41, 5.74) is 2.12. The van der Waals surface area contributed by atoms with Gasteiger partial charge in [-0.25, -0.2) is 9.37 Å². The van der Waals surface area contributed by atoms with Crippen LogP contribution in [0.1, 0.15) is 29.4 Å². The molecule has 0 aliphatic carbocycles. The molecule has 3 rings (SSSR count). The van der Waals surface area contributed by atoms with Gasteiger partial charge in [-0.1, -0.05) is 18.2 Å². The highest BCUT2D eigenvalue weighted by atomic mass is 19.1. The van der Waals surface area contributed by atoms with Crippen molar-refractivity contribution < 1.29 is 9.18 Å². The predicted molar refractivity (Wildman–Crippen MR) is 75.3 cm³/mol. The van der Waals surface area contributed by atoms with Crippen molar-refractivity contribution in [3.63, 3.8) is 0 Å². The molecule has 102 valence electrons. The Morgan fingerprint density at radius 2 is 2.15 bits per heavy atom. The highest BCUT2D eigenvalue weighted by molar-refractivity contribution is 5.57. The van der Waals surface area contributed by atoms with E-state index >= 15 is 0 Å². The third-order valence-corrected chi connectivity index (χ3v) is 3.86. The molecular weight excluding hydrogens is 255 g/mol. The van der Waals surface area contributed by atoms with E-state index in [0.29, 0.717) is 6.42 Å². The van der Waals surface area contributed by atoms with Gasteiger partial charge in [0.05, 0.1) is 0 Å². The lowest BCUT2D eigenvalue weighted by atomic mass is 9.81. The molecule has 20 heavy (non-hydrogen) atoms. The molecular formula is C16H15FN2O. The minimum absolute atomic E-state index is 0.0473. The van der Waals surface area contributed by atoms with E-state index in [1.54, 1.807) is 18.3 Å². The summed E-state index contributed by atoms with van der Waals surface area (Å²) in [5.74, 6) is 0.862. The number of fused-ring (bicyclic) bond motifs is 1. The predicted octanol–water partition coefficient (Wildman–Crippen LogP) is 3.10. The van der Waals surface area contributed by atoms with Gasteiger partial charge >= 0.3 is 0 Å². The van der Waals surface area contributed by atoms with Gasteiger partial charge in [-0.3, -0.25) is 0 Å². The molecule has 2 unspecified atom stereocenters. The number of aldehydes is 1. The van der Waals surface area contributed by atoms with Crippen LogP contribution in [0, 0.1) is 5.82 Å². The normalized spacial score (nSPS) is 18.1.